The molecule has 0 aliphatic carbocycles. The third-order valence-corrected chi connectivity index (χ3v) is 5.76. The average Bonchev–Trinajstić information content (AvgIpc) is 2.75. The van der Waals surface area contributed by atoms with Gasteiger partial charge in [-0.15, -0.1) is 0 Å². The maximum atomic E-state index is 12.9. The van der Waals surface area contributed by atoms with E-state index in [1.165, 1.54) is 6.26 Å². The van der Waals surface area contributed by atoms with Crippen LogP contribution in [0, 0.1) is 0 Å². The lowest BCUT2D eigenvalue weighted by molar-refractivity contribution is 0.102. The predicted octanol–water partition coefficient (Wildman–Crippen LogP) is 3.12. The number of amides is 1. The average molecular weight is 463 g/mol. The lowest BCUT2D eigenvalue weighted by Crippen LogP contribution is -2.36. The van der Waals surface area contributed by atoms with E-state index >= 15 is 0 Å². The van der Waals surface area contributed by atoms with Crippen molar-refractivity contribution < 1.29 is 27.4 Å². The Morgan fingerprint density at radius 3 is 2.25 bits per heavy atom. The van der Waals surface area contributed by atoms with Gasteiger partial charge in [-0.3, -0.25) is 4.79 Å². The molecule has 2 aromatic rings. The van der Waals surface area contributed by atoms with E-state index in [1.54, 1.807) is 30.3 Å². The standard InChI is InChI=1S/C23H30N2O6S/c1-4-30-21-15-20(25-10-12-29-13-11-25)22(31-5-2)14-19(21)24-23(26)18-8-6-17(7-9-18)16-32(3,27)28/h6-9,14-15H,4-5,10-13,16H2,1-3H3,(H,24,26). The number of hydrogen-bond donors (Lipinski definition) is 1. The summed E-state index contributed by atoms with van der Waals surface area (Å²) in [5, 5.41) is 2.90. The van der Waals surface area contributed by atoms with Crippen LogP contribution in [-0.4, -0.2) is 60.1 Å². The molecule has 1 heterocycles. The number of nitrogens with zero attached hydrogens (tertiary/aromatic N) is 1. The van der Waals surface area contributed by atoms with E-state index in [4.69, 9.17) is 14.2 Å². The van der Waals surface area contributed by atoms with Gasteiger partial charge in [0.2, 0.25) is 0 Å². The second kappa shape index (κ2) is 10.7. The van der Waals surface area contributed by atoms with Crippen molar-refractivity contribution in [2.75, 3.05) is 56.0 Å². The fourth-order valence-electron chi connectivity index (χ4n) is 3.49. The summed E-state index contributed by atoms with van der Waals surface area (Å²) in [6.45, 7) is 7.51. The minimum absolute atomic E-state index is 0.0654. The van der Waals surface area contributed by atoms with Crippen LogP contribution in [0.15, 0.2) is 36.4 Å². The van der Waals surface area contributed by atoms with Crippen molar-refractivity contribution in [3.63, 3.8) is 0 Å². The zero-order chi connectivity index (χ0) is 23.1. The number of hydrogen-bond acceptors (Lipinski definition) is 7. The van der Waals surface area contributed by atoms with E-state index in [0.717, 1.165) is 18.8 Å². The molecule has 2 aromatic carbocycles. The van der Waals surface area contributed by atoms with Gasteiger partial charge < -0.3 is 24.4 Å². The minimum Gasteiger partial charge on any atom is -0.492 e. The Hall–Kier alpha value is -2.78. The summed E-state index contributed by atoms with van der Waals surface area (Å²) < 4.78 is 40.1. The molecule has 8 nitrogen and oxygen atoms in total. The van der Waals surface area contributed by atoms with Gasteiger partial charge in [-0.1, -0.05) is 12.1 Å². The molecular formula is C23H30N2O6S. The minimum atomic E-state index is -3.14. The van der Waals surface area contributed by atoms with Gasteiger partial charge in [-0.25, -0.2) is 8.42 Å². The van der Waals surface area contributed by atoms with Crippen molar-refractivity contribution in [1.29, 1.82) is 0 Å². The second-order valence-corrected chi connectivity index (χ2v) is 9.64. The van der Waals surface area contributed by atoms with Gasteiger partial charge in [-0.2, -0.15) is 0 Å². The molecule has 174 valence electrons. The maximum Gasteiger partial charge on any atom is 0.255 e. The summed E-state index contributed by atoms with van der Waals surface area (Å²) in [7, 11) is -3.14. The first kappa shape index (κ1) is 23.9. The van der Waals surface area contributed by atoms with Crippen LogP contribution in [0.25, 0.3) is 0 Å². The van der Waals surface area contributed by atoms with Crippen LogP contribution >= 0.6 is 0 Å². The van der Waals surface area contributed by atoms with Crippen LogP contribution in [-0.2, 0) is 20.3 Å². The van der Waals surface area contributed by atoms with Crippen LogP contribution in [0.2, 0.25) is 0 Å². The first-order chi connectivity index (χ1) is 15.3. The van der Waals surface area contributed by atoms with Gasteiger partial charge in [-0.05, 0) is 31.5 Å². The number of carbonyl (C=O) groups excluding carboxylic acids is 1. The number of morpholine rings is 1. The highest BCUT2D eigenvalue weighted by molar-refractivity contribution is 7.89. The number of anilines is 2. The van der Waals surface area contributed by atoms with Crippen LogP contribution in [0.5, 0.6) is 11.5 Å². The Balaban J connectivity index is 1.86. The molecule has 0 aromatic heterocycles. The third kappa shape index (κ3) is 6.37. The van der Waals surface area contributed by atoms with Crippen LogP contribution in [0.1, 0.15) is 29.8 Å². The quantitative estimate of drug-likeness (QED) is 0.612. The smallest absolute Gasteiger partial charge is 0.255 e. The Morgan fingerprint density at radius 1 is 1.03 bits per heavy atom. The van der Waals surface area contributed by atoms with Gasteiger partial charge in [0.05, 0.1) is 43.6 Å². The molecule has 0 bridgehead atoms. The van der Waals surface area contributed by atoms with E-state index in [9.17, 15) is 13.2 Å². The highest BCUT2D eigenvalue weighted by Gasteiger charge is 2.21. The number of rotatable bonds is 9. The summed E-state index contributed by atoms with van der Waals surface area (Å²) in [5.74, 6) is 0.832. The van der Waals surface area contributed by atoms with Crippen molar-refractivity contribution in [3.8, 4) is 11.5 Å². The fraction of sp³-hybridized carbons (Fsp3) is 0.435. The molecule has 0 atom stereocenters. The van der Waals surface area contributed by atoms with Crippen molar-refractivity contribution in [1.82, 2.24) is 0 Å². The molecule has 0 unspecified atom stereocenters. The van der Waals surface area contributed by atoms with Crippen molar-refractivity contribution in [2.45, 2.75) is 19.6 Å². The van der Waals surface area contributed by atoms with Gasteiger partial charge in [0.1, 0.15) is 11.5 Å². The van der Waals surface area contributed by atoms with Crippen molar-refractivity contribution >= 4 is 27.1 Å². The maximum absolute atomic E-state index is 12.9. The zero-order valence-electron chi connectivity index (χ0n) is 18.7. The first-order valence-electron chi connectivity index (χ1n) is 10.6. The molecule has 3 rings (SSSR count). The van der Waals surface area contributed by atoms with E-state index in [0.29, 0.717) is 54.7 Å². The van der Waals surface area contributed by atoms with E-state index < -0.39 is 9.84 Å². The summed E-state index contributed by atoms with van der Waals surface area (Å²) in [5.41, 5.74) is 2.46. The van der Waals surface area contributed by atoms with Gasteiger partial charge in [0.15, 0.2) is 9.84 Å². The zero-order valence-corrected chi connectivity index (χ0v) is 19.5. The summed E-state index contributed by atoms with van der Waals surface area (Å²) in [6, 6.07) is 10.2. The Kier molecular flexibility index (Phi) is 7.98. The Morgan fingerprint density at radius 2 is 1.66 bits per heavy atom. The normalized spacial score (nSPS) is 14.2. The molecule has 1 fully saturated rings. The number of benzene rings is 2. The second-order valence-electron chi connectivity index (χ2n) is 7.50. The molecule has 1 amide bonds. The topological polar surface area (TPSA) is 94.2 Å². The molecular weight excluding hydrogens is 432 g/mol. The third-order valence-electron chi connectivity index (χ3n) is 4.91. The molecule has 0 radical (unpaired) electrons. The SMILES string of the molecule is CCOc1cc(N2CCOCC2)c(OCC)cc1NC(=O)c1ccc(CS(C)(=O)=O)cc1. The fourth-order valence-corrected chi connectivity index (χ4v) is 4.29. The van der Waals surface area contributed by atoms with Crippen molar-refractivity contribution in [3.05, 3.63) is 47.5 Å². The molecule has 1 aliphatic rings. The van der Waals surface area contributed by atoms with E-state index in [2.05, 4.69) is 10.2 Å². The van der Waals surface area contributed by atoms with Gasteiger partial charge in [0, 0.05) is 37.0 Å². The molecule has 9 heteroatoms. The Labute approximate surface area is 189 Å². The largest absolute Gasteiger partial charge is 0.492 e. The molecule has 1 saturated heterocycles. The highest BCUT2D eigenvalue weighted by atomic mass is 32.2. The lowest BCUT2D eigenvalue weighted by Gasteiger charge is -2.31. The Bertz CT molecular complexity index is 1030. The van der Waals surface area contributed by atoms with E-state index in [-0.39, 0.29) is 11.7 Å². The van der Waals surface area contributed by atoms with Crippen LogP contribution < -0.4 is 19.7 Å². The van der Waals surface area contributed by atoms with Crippen LogP contribution in [0.3, 0.4) is 0 Å². The summed E-state index contributed by atoms with van der Waals surface area (Å²) in [4.78, 5) is 15.1. The summed E-state index contributed by atoms with van der Waals surface area (Å²) >= 11 is 0. The number of nitrogens with one attached hydrogen (secondary N) is 1. The summed E-state index contributed by atoms with van der Waals surface area (Å²) in [6.07, 6.45) is 1.18. The van der Waals surface area contributed by atoms with E-state index in [1.807, 2.05) is 19.9 Å². The number of sulfone groups is 1. The van der Waals surface area contributed by atoms with Crippen LogP contribution in [0.4, 0.5) is 11.4 Å². The number of carbonyl (C=O) groups is 1. The molecule has 1 aliphatic heterocycles. The monoisotopic (exact) mass is 462 g/mol. The molecule has 0 saturated carbocycles. The highest BCUT2D eigenvalue weighted by Crippen LogP contribution is 2.39. The molecule has 1 N–H and O–H groups in total. The van der Waals surface area contributed by atoms with Gasteiger partial charge >= 0.3 is 0 Å². The van der Waals surface area contributed by atoms with Gasteiger partial charge in [0.25, 0.3) is 5.91 Å². The van der Waals surface area contributed by atoms with Crippen molar-refractivity contribution in [2.24, 2.45) is 0 Å². The lowest BCUT2D eigenvalue weighted by atomic mass is 10.1. The first-order valence-corrected chi connectivity index (χ1v) is 12.7. The molecule has 0 spiro atoms. The molecule has 32 heavy (non-hydrogen) atoms. The number of ether oxygens (including phenoxy) is 3. The predicted molar refractivity (Wildman–Crippen MR) is 125 cm³/mol.